The van der Waals surface area contributed by atoms with Crippen LogP contribution in [0.15, 0.2) is 0 Å². The molecule has 1 aliphatic rings. The van der Waals surface area contributed by atoms with Crippen LogP contribution >= 0.6 is 0 Å². The number of likely N-dealkylation sites (tertiary alicyclic amines) is 1. The van der Waals surface area contributed by atoms with Gasteiger partial charge in [0.2, 0.25) is 11.8 Å². The summed E-state index contributed by atoms with van der Waals surface area (Å²) in [5, 5.41) is 0. The van der Waals surface area contributed by atoms with Crippen molar-refractivity contribution in [2.24, 2.45) is 11.8 Å². The van der Waals surface area contributed by atoms with Crippen LogP contribution in [0.3, 0.4) is 0 Å². The summed E-state index contributed by atoms with van der Waals surface area (Å²) in [6, 6.07) is 0. The summed E-state index contributed by atoms with van der Waals surface area (Å²) in [7, 11) is 1.57. The third kappa shape index (κ3) is 1.49. The average molecular weight is 169 g/mol. The predicted molar refractivity (Wildman–Crippen MR) is 45.3 cm³/mol. The second kappa shape index (κ2) is 3.25. The van der Waals surface area contributed by atoms with Crippen molar-refractivity contribution in [1.82, 2.24) is 4.90 Å². The number of piperidine rings is 1. The van der Waals surface area contributed by atoms with E-state index in [4.69, 9.17) is 0 Å². The molecular weight excluding hydrogens is 154 g/mol. The fourth-order valence-corrected chi connectivity index (χ4v) is 1.56. The van der Waals surface area contributed by atoms with Gasteiger partial charge >= 0.3 is 0 Å². The Balaban J connectivity index is 2.72. The van der Waals surface area contributed by atoms with Crippen LogP contribution in [0.4, 0.5) is 0 Å². The van der Waals surface area contributed by atoms with Crippen LogP contribution in [-0.4, -0.2) is 23.8 Å². The lowest BCUT2D eigenvalue weighted by atomic mass is 9.87. The van der Waals surface area contributed by atoms with E-state index in [1.54, 1.807) is 7.05 Å². The Morgan fingerprint density at radius 3 is 2.50 bits per heavy atom. The smallest absolute Gasteiger partial charge is 0.232 e. The number of carbonyl (C=O) groups is 2. The van der Waals surface area contributed by atoms with E-state index >= 15 is 0 Å². The summed E-state index contributed by atoms with van der Waals surface area (Å²) in [4.78, 5) is 23.8. The minimum absolute atomic E-state index is 0.0127. The fourth-order valence-electron chi connectivity index (χ4n) is 1.56. The largest absolute Gasteiger partial charge is 0.286 e. The van der Waals surface area contributed by atoms with E-state index in [0.717, 1.165) is 6.42 Å². The lowest BCUT2D eigenvalue weighted by Crippen LogP contribution is -2.43. The summed E-state index contributed by atoms with van der Waals surface area (Å²) in [6.07, 6.45) is 1.24. The normalized spacial score (nSPS) is 25.3. The number of amides is 2. The lowest BCUT2D eigenvalue weighted by Gasteiger charge is -2.29. The van der Waals surface area contributed by atoms with Crippen molar-refractivity contribution >= 4 is 11.8 Å². The lowest BCUT2D eigenvalue weighted by molar-refractivity contribution is -0.151. The van der Waals surface area contributed by atoms with E-state index in [9.17, 15) is 9.59 Å². The molecule has 1 unspecified atom stereocenters. The van der Waals surface area contributed by atoms with Crippen LogP contribution in [0.25, 0.3) is 0 Å². The number of carbonyl (C=O) groups excluding carboxylic acids is 2. The number of rotatable bonds is 1. The van der Waals surface area contributed by atoms with E-state index in [0.29, 0.717) is 12.3 Å². The van der Waals surface area contributed by atoms with Gasteiger partial charge in [0, 0.05) is 19.4 Å². The van der Waals surface area contributed by atoms with Crippen LogP contribution in [0.5, 0.6) is 0 Å². The molecule has 1 rings (SSSR count). The molecule has 0 aliphatic carbocycles. The molecule has 0 radical (unpaired) electrons. The Labute approximate surface area is 72.7 Å². The zero-order valence-corrected chi connectivity index (χ0v) is 7.83. The first-order valence-electron chi connectivity index (χ1n) is 4.34. The highest BCUT2D eigenvalue weighted by Crippen LogP contribution is 2.24. The second-order valence-corrected chi connectivity index (χ2v) is 3.68. The van der Waals surface area contributed by atoms with Crippen LogP contribution in [0.2, 0.25) is 0 Å². The molecule has 1 heterocycles. The van der Waals surface area contributed by atoms with Gasteiger partial charge in [-0.15, -0.1) is 0 Å². The zero-order valence-electron chi connectivity index (χ0n) is 7.83. The van der Waals surface area contributed by atoms with Gasteiger partial charge in [-0.2, -0.15) is 0 Å². The summed E-state index contributed by atoms with van der Waals surface area (Å²) in [6.45, 7) is 4.04. The van der Waals surface area contributed by atoms with Gasteiger partial charge in [0.05, 0.1) is 0 Å². The second-order valence-electron chi connectivity index (χ2n) is 3.68. The molecule has 1 saturated heterocycles. The fraction of sp³-hybridized carbons (Fsp3) is 0.778. The number of hydrogen-bond donors (Lipinski definition) is 0. The van der Waals surface area contributed by atoms with E-state index in [1.807, 2.05) is 13.8 Å². The maximum atomic E-state index is 11.5. The Hall–Kier alpha value is -0.860. The molecule has 0 N–H and O–H groups in total. The van der Waals surface area contributed by atoms with Gasteiger partial charge < -0.3 is 0 Å². The predicted octanol–water partition coefficient (Wildman–Crippen LogP) is 1.04. The van der Waals surface area contributed by atoms with Gasteiger partial charge in [0.1, 0.15) is 0 Å². The highest BCUT2D eigenvalue weighted by Gasteiger charge is 2.33. The van der Waals surface area contributed by atoms with E-state index < -0.39 is 0 Å². The van der Waals surface area contributed by atoms with Gasteiger partial charge in [-0.3, -0.25) is 14.5 Å². The van der Waals surface area contributed by atoms with Gasteiger partial charge in [0.15, 0.2) is 0 Å². The summed E-state index contributed by atoms with van der Waals surface area (Å²) in [5.74, 6) is 0.332. The molecular formula is C9H15NO2. The third-order valence-corrected chi connectivity index (χ3v) is 2.50. The molecule has 1 fully saturated rings. The van der Waals surface area contributed by atoms with E-state index in [-0.39, 0.29) is 17.7 Å². The zero-order chi connectivity index (χ0) is 9.30. The van der Waals surface area contributed by atoms with Crippen molar-refractivity contribution in [3.05, 3.63) is 0 Å². The Morgan fingerprint density at radius 2 is 2.00 bits per heavy atom. The van der Waals surface area contributed by atoms with Crippen molar-refractivity contribution in [3.8, 4) is 0 Å². The molecule has 0 saturated carbocycles. The first-order chi connectivity index (χ1) is 5.54. The first-order valence-corrected chi connectivity index (χ1v) is 4.34. The van der Waals surface area contributed by atoms with Gasteiger partial charge in [0.25, 0.3) is 0 Å². The maximum Gasteiger partial charge on any atom is 0.232 e. The molecule has 0 bridgehead atoms. The number of hydrogen-bond acceptors (Lipinski definition) is 2. The van der Waals surface area contributed by atoms with Crippen molar-refractivity contribution < 1.29 is 9.59 Å². The summed E-state index contributed by atoms with van der Waals surface area (Å²) < 4.78 is 0. The first kappa shape index (κ1) is 9.23. The van der Waals surface area contributed by atoms with E-state index in [2.05, 4.69) is 0 Å². The summed E-state index contributed by atoms with van der Waals surface area (Å²) >= 11 is 0. The minimum atomic E-state index is -0.0445. The Bertz CT molecular complexity index is 211. The molecule has 3 heteroatoms. The molecule has 0 aromatic carbocycles. The van der Waals surface area contributed by atoms with Crippen LogP contribution < -0.4 is 0 Å². The van der Waals surface area contributed by atoms with Crippen molar-refractivity contribution in [2.45, 2.75) is 26.7 Å². The molecule has 68 valence electrons. The monoisotopic (exact) mass is 169 g/mol. The maximum absolute atomic E-state index is 11.5. The molecule has 2 amide bonds. The Kier molecular flexibility index (Phi) is 2.50. The number of imide groups is 1. The van der Waals surface area contributed by atoms with Gasteiger partial charge in [-0.25, -0.2) is 0 Å². The Morgan fingerprint density at radius 1 is 1.42 bits per heavy atom. The van der Waals surface area contributed by atoms with Crippen LogP contribution in [-0.2, 0) is 9.59 Å². The molecule has 0 aromatic rings. The third-order valence-electron chi connectivity index (χ3n) is 2.50. The number of nitrogens with zero attached hydrogens (tertiary/aromatic N) is 1. The standard InChI is InChI=1S/C9H15NO2/c1-6(2)7-4-5-8(11)10(3)9(7)12/h6-7H,4-5H2,1-3H3. The molecule has 0 spiro atoms. The SMILES string of the molecule is CC(C)C1CCC(=O)N(C)C1=O. The molecule has 12 heavy (non-hydrogen) atoms. The highest BCUT2D eigenvalue weighted by molar-refractivity contribution is 5.98. The van der Waals surface area contributed by atoms with Crippen molar-refractivity contribution in [2.75, 3.05) is 7.05 Å². The van der Waals surface area contributed by atoms with Crippen molar-refractivity contribution in [1.29, 1.82) is 0 Å². The van der Waals surface area contributed by atoms with E-state index in [1.165, 1.54) is 4.90 Å². The van der Waals surface area contributed by atoms with Crippen molar-refractivity contribution in [3.63, 3.8) is 0 Å². The average Bonchev–Trinajstić information content (AvgIpc) is 2.00. The van der Waals surface area contributed by atoms with Gasteiger partial charge in [-0.05, 0) is 12.3 Å². The molecule has 1 atom stereocenters. The topological polar surface area (TPSA) is 37.4 Å². The highest BCUT2D eigenvalue weighted by atomic mass is 16.2. The van der Waals surface area contributed by atoms with Crippen LogP contribution in [0.1, 0.15) is 26.7 Å². The molecule has 3 nitrogen and oxygen atoms in total. The quantitative estimate of drug-likeness (QED) is 0.550. The molecule has 1 aliphatic heterocycles. The minimum Gasteiger partial charge on any atom is -0.286 e. The summed E-state index contributed by atoms with van der Waals surface area (Å²) in [5.41, 5.74) is 0. The molecule has 0 aromatic heterocycles. The van der Waals surface area contributed by atoms with Gasteiger partial charge in [-0.1, -0.05) is 13.8 Å². The van der Waals surface area contributed by atoms with Crippen LogP contribution in [0, 0.1) is 11.8 Å².